The molecule has 4 aromatic rings. The topological polar surface area (TPSA) is 12.0 Å². The monoisotopic (exact) mass is 381 g/mol. The van der Waals surface area contributed by atoms with Crippen molar-refractivity contribution < 1.29 is 0 Å². The van der Waals surface area contributed by atoms with Crippen LogP contribution in [0.5, 0.6) is 0 Å². The highest BCUT2D eigenvalue weighted by atomic mass is 31.1. The fourth-order valence-corrected chi connectivity index (χ4v) is 5.87. The molecule has 0 fully saturated rings. The molecule has 0 bridgehead atoms. The van der Waals surface area contributed by atoms with E-state index in [1.165, 1.54) is 32.7 Å². The summed E-state index contributed by atoms with van der Waals surface area (Å²) in [7, 11) is -0.626. The van der Waals surface area contributed by atoms with E-state index >= 15 is 0 Å². The zero-order valence-corrected chi connectivity index (χ0v) is 16.9. The second-order valence-electron chi connectivity index (χ2n) is 6.87. The Bertz CT molecular complexity index is 974. The van der Waals surface area contributed by atoms with Gasteiger partial charge in [0.15, 0.2) is 0 Å². The molecule has 2 heteroatoms. The molecule has 4 rings (SSSR count). The Labute approximate surface area is 168 Å². The summed E-state index contributed by atoms with van der Waals surface area (Å²) in [6.07, 6.45) is 0. The molecule has 0 amide bonds. The number of rotatable bonds is 6. The van der Waals surface area contributed by atoms with E-state index in [2.05, 4.69) is 121 Å². The molecule has 0 atom stereocenters. The summed E-state index contributed by atoms with van der Waals surface area (Å²) in [6, 6.07) is 39.1. The van der Waals surface area contributed by atoms with Crippen molar-refractivity contribution in [3.63, 3.8) is 0 Å². The lowest BCUT2D eigenvalue weighted by atomic mass is 10.2. The van der Waals surface area contributed by atoms with Crippen LogP contribution in [0.25, 0.3) is 0 Å². The fourth-order valence-electron chi connectivity index (χ4n) is 3.35. The third-order valence-corrected chi connectivity index (χ3v) is 7.23. The third-order valence-electron chi connectivity index (χ3n) is 4.75. The minimum absolute atomic E-state index is 0.626. The molecule has 28 heavy (non-hydrogen) atoms. The Morgan fingerprint density at radius 3 is 1.75 bits per heavy atom. The van der Waals surface area contributed by atoms with Crippen molar-refractivity contribution in [3.8, 4) is 0 Å². The first-order valence-electron chi connectivity index (χ1n) is 9.60. The van der Waals surface area contributed by atoms with Gasteiger partial charge < -0.3 is 5.32 Å². The maximum atomic E-state index is 3.69. The normalized spacial score (nSPS) is 10.8. The van der Waals surface area contributed by atoms with Gasteiger partial charge in [-0.3, -0.25) is 0 Å². The van der Waals surface area contributed by atoms with Crippen LogP contribution in [0, 0.1) is 6.92 Å². The Balaban J connectivity index is 1.76. The molecule has 138 valence electrons. The molecule has 0 aliphatic rings. The standard InChI is InChI=1S/C26H24NP/c1-21-17-18-25(27-20-22-11-5-2-6-12-22)26(19-21)28(23-13-7-3-8-14-23)24-15-9-4-10-16-24/h2-19,27H,20H2,1H3. The number of nitrogens with one attached hydrogen (secondary N) is 1. The average molecular weight is 381 g/mol. The molecule has 0 aliphatic heterocycles. The maximum Gasteiger partial charge on any atom is 0.0427 e. The zero-order valence-electron chi connectivity index (χ0n) is 16.0. The first-order valence-corrected chi connectivity index (χ1v) is 10.9. The van der Waals surface area contributed by atoms with Gasteiger partial charge in [0.25, 0.3) is 0 Å². The molecule has 0 spiro atoms. The van der Waals surface area contributed by atoms with Gasteiger partial charge in [-0.25, -0.2) is 0 Å². The molecule has 0 unspecified atom stereocenters. The van der Waals surface area contributed by atoms with Gasteiger partial charge in [0.05, 0.1) is 0 Å². The highest BCUT2D eigenvalue weighted by Crippen LogP contribution is 2.36. The van der Waals surface area contributed by atoms with Crippen molar-refractivity contribution >= 4 is 29.5 Å². The van der Waals surface area contributed by atoms with Gasteiger partial charge in [-0.1, -0.05) is 103 Å². The minimum atomic E-state index is -0.626. The fraction of sp³-hybridized carbons (Fsp3) is 0.0769. The van der Waals surface area contributed by atoms with Crippen LogP contribution < -0.4 is 21.2 Å². The van der Waals surface area contributed by atoms with Crippen LogP contribution in [-0.4, -0.2) is 0 Å². The molecule has 0 radical (unpaired) electrons. The molecular weight excluding hydrogens is 357 g/mol. The van der Waals surface area contributed by atoms with Gasteiger partial charge >= 0.3 is 0 Å². The van der Waals surface area contributed by atoms with Crippen LogP contribution in [0.4, 0.5) is 5.69 Å². The Kier molecular flexibility index (Phi) is 5.85. The van der Waals surface area contributed by atoms with Crippen LogP contribution in [0.2, 0.25) is 0 Å². The molecule has 1 N–H and O–H groups in total. The molecule has 4 aromatic carbocycles. The van der Waals surface area contributed by atoms with Crippen molar-refractivity contribution in [1.82, 2.24) is 0 Å². The average Bonchev–Trinajstić information content (AvgIpc) is 2.76. The Hall–Kier alpha value is -2.89. The van der Waals surface area contributed by atoms with Gasteiger partial charge in [-0.15, -0.1) is 0 Å². The van der Waals surface area contributed by atoms with Crippen molar-refractivity contribution in [2.75, 3.05) is 5.32 Å². The van der Waals surface area contributed by atoms with E-state index in [1.54, 1.807) is 0 Å². The van der Waals surface area contributed by atoms with Crippen molar-refractivity contribution in [2.45, 2.75) is 13.5 Å². The maximum absolute atomic E-state index is 3.69. The van der Waals surface area contributed by atoms with Crippen LogP contribution in [0.15, 0.2) is 109 Å². The third kappa shape index (κ3) is 4.32. The minimum Gasteiger partial charge on any atom is -0.380 e. The molecule has 0 saturated heterocycles. The first-order chi connectivity index (χ1) is 13.8. The molecule has 1 nitrogen and oxygen atoms in total. The van der Waals surface area contributed by atoms with Crippen molar-refractivity contribution in [3.05, 3.63) is 120 Å². The predicted octanol–water partition coefficient (Wildman–Crippen LogP) is 5.37. The van der Waals surface area contributed by atoms with E-state index in [0.717, 1.165) is 6.54 Å². The number of hydrogen-bond donors (Lipinski definition) is 1. The molecule has 0 aromatic heterocycles. The molecule has 0 saturated carbocycles. The Morgan fingerprint density at radius 1 is 0.643 bits per heavy atom. The van der Waals surface area contributed by atoms with Gasteiger partial charge in [-0.2, -0.15) is 0 Å². The molecule has 0 heterocycles. The van der Waals surface area contributed by atoms with Crippen LogP contribution in [0.3, 0.4) is 0 Å². The second-order valence-corrected chi connectivity index (χ2v) is 9.05. The van der Waals surface area contributed by atoms with Crippen molar-refractivity contribution in [1.29, 1.82) is 0 Å². The Morgan fingerprint density at radius 2 is 1.18 bits per heavy atom. The summed E-state index contributed by atoms with van der Waals surface area (Å²) >= 11 is 0. The summed E-state index contributed by atoms with van der Waals surface area (Å²) in [5.41, 5.74) is 3.80. The van der Waals surface area contributed by atoms with Gasteiger partial charge in [-0.05, 0) is 43.2 Å². The summed E-state index contributed by atoms with van der Waals surface area (Å²) < 4.78 is 0. The van der Waals surface area contributed by atoms with Gasteiger partial charge in [0.1, 0.15) is 0 Å². The molecular formula is C26H24NP. The highest BCUT2D eigenvalue weighted by molar-refractivity contribution is 7.80. The number of aryl methyl sites for hydroxylation is 1. The van der Waals surface area contributed by atoms with Gasteiger partial charge in [0.2, 0.25) is 0 Å². The van der Waals surface area contributed by atoms with E-state index in [1.807, 2.05) is 0 Å². The van der Waals surface area contributed by atoms with Crippen LogP contribution >= 0.6 is 7.92 Å². The smallest absolute Gasteiger partial charge is 0.0427 e. The molecule has 0 aliphatic carbocycles. The van der Waals surface area contributed by atoms with Crippen LogP contribution in [0.1, 0.15) is 11.1 Å². The first kappa shape index (κ1) is 18.5. The summed E-state index contributed by atoms with van der Waals surface area (Å²) in [4.78, 5) is 0. The van der Waals surface area contributed by atoms with E-state index in [-0.39, 0.29) is 0 Å². The summed E-state index contributed by atoms with van der Waals surface area (Å²) in [6.45, 7) is 3.00. The summed E-state index contributed by atoms with van der Waals surface area (Å²) in [5, 5.41) is 7.82. The highest BCUT2D eigenvalue weighted by Gasteiger charge is 2.19. The lowest BCUT2D eigenvalue weighted by molar-refractivity contribution is 1.15. The number of anilines is 1. The van der Waals surface area contributed by atoms with E-state index < -0.39 is 7.92 Å². The largest absolute Gasteiger partial charge is 0.380 e. The van der Waals surface area contributed by atoms with Crippen molar-refractivity contribution in [2.24, 2.45) is 0 Å². The van der Waals surface area contributed by atoms with Crippen LogP contribution in [-0.2, 0) is 6.54 Å². The van der Waals surface area contributed by atoms with Gasteiger partial charge in [0, 0.05) is 17.5 Å². The van der Waals surface area contributed by atoms with E-state index in [9.17, 15) is 0 Å². The lowest BCUT2D eigenvalue weighted by Crippen LogP contribution is -2.23. The number of benzene rings is 4. The van der Waals surface area contributed by atoms with E-state index in [0.29, 0.717) is 0 Å². The SMILES string of the molecule is Cc1ccc(NCc2ccccc2)c(P(c2ccccc2)c2ccccc2)c1. The quantitative estimate of drug-likeness (QED) is 0.443. The van der Waals surface area contributed by atoms with E-state index in [4.69, 9.17) is 0 Å². The lowest BCUT2D eigenvalue weighted by Gasteiger charge is -2.23. The zero-order chi connectivity index (χ0) is 19.2. The predicted molar refractivity (Wildman–Crippen MR) is 124 cm³/mol. The second kappa shape index (κ2) is 8.87. The summed E-state index contributed by atoms with van der Waals surface area (Å²) in [5.74, 6) is 0. The number of hydrogen-bond acceptors (Lipinski definition) is 1.